The molecule has 3 rings (SSSR count). The largest absolute Gasteiger partial charge is 0.366 e. The monoisotopic (exact) mass is 287 g/mol. The lowest BCUT2D eigenvalue weighted by molar-refractivity contribution is -0.135. The Morgan fingerprint density at radius 3 is 2.62 bits per heavy atom. The number of nitrogens with two attached hydrogens (primary N) is 1. The minimum atomic E-state index is -0.417. The number of piperazine rings is 1. The lowest BCUT2D eigenvalue weighted by atomic mass is 10.1. The standard InChI is InChI=1S/C16H21N3O2/c1-10-9-18-6-7-19(10)16(21)14-8-13(14)11-2-4-12(5-3-11)15(17)20/h2-5,10,13-14,18H,6-9H2,1H3,(H2,17,20)/t10-,13?,14?/m0/s1. The summed E-state index contributed by atoms with van der Waals surface area (Å²) >= 11 is 0. The van der Waals surface area contributed by atoms with Crippen molar-refractivity contribution in [2.75, 3.05) is 19.6 Å². The number of nitrogens with one attached hydrogen (secondary N) is 1. The molecule has 0 aromatic heterocycles. The van der Waals surface area contributed by atoms with Gasteiger partial charge in [-0.2, -0.15) is 0 Å². The fraction of sp³-hybridized carbons (Fsp3) is 0.500. The highest BCUT2D eigenvalue weighted by Crippen LogP contribution is 2.48. The third kappa shape index (κ3) is 2.78. The smallest absolute Gasteiger partial charge is 0.248 e. The Labute approximate surface area is 124 Å². The van der Waals surface area contributed by atoms with E-state index in [0.717, 1.165) is 31.6 Å². The van der Waals surface area contributed by atoms with E-state index in [1.165, 1.54) is 0 Å². The first-order valence-electron chi connectivity index (χ1n) is 7.49. The Hall–Kier alpha value is -1.88. The van der Waals surface area contributed by atoms with Gasteiger partial charge in [-0.3, -0.25) is 9.59 Å². The highest BCUT2D eigenvalue weighted by Gasteiger charge is 2.46. The Balaban J connectivity index is 1.65. The Kier molecular flexibility index (Phi) is 3.68. The van der Waals surface area contributed by atoms with E-state index in [0.29, 0.717) is 11.5 Å². The minimum absolute atomic E-state index is 0.102. The van der Waals surface area contributed by atoms with Crippen molar-refractivity contribution < 1.29 is 9.59 Å². The number of hydrogen-bond donors (Lipinski definition) is 2. The molecule has 0 radical (unpaired) electrons. The molecule has 112 valence electrons. The molecule has 3 N–H and O–H groups in total. The van der Waals surface area contributed by atoms with Gasteiger partial charge < -0.3 is 16.0 Å². The molecule has 1 saturated heterocycles. The van der Waals surface area contributed by atoms with Crippen molar-refractivity contribution in [3.63, 3.8) is 0 Å². The van der Waals surface area contributed by atoms with Crippen LogP contribution in [0.2, 0.25) is 0 Å². The zero-order chi connectivity index (χ0) is 15.0. The molecule has 1 saturated carbocycles. The van der Waals surface area contributed by atoms with Crippen molar-refractivity contribution >= 4 is 11.8 Å². The topological polar surface area (TPSA) is 75.4 Å². The van der Waals surface area contributed by atoms with E-state index in [1.54, 1.807) is 12.1 Å². The molecule has 1 heterocycles. The van der Waals surface area contributed by atoms with E-state index in [-0.39, 0.29) is 17.9 Å². The Bertz CT molecular complexity index is 555. The molecular formula is C16H21N3O2. The number of rotatable bonds is 3. The number of benzene rings is 1. The second kappa shape index (κ2) is 5.48. The van der Waals surface area contributed by atoms with Crippen LogP contribution in [-0.4, -0.2) is 42.4 Å². The summed E-state index contributed by atoms with van der Waals surface area (Å²) in [6.45, 7) is 4.63. The van der Waals surface area contributed by atoms with E-state index in [1.807, 2.05) is 17.0 Å². The molecule has 1 aliphatic carbocycles. The molecule has 2 aliphatic rings. The van der Waals surface area contributed by atoms with Crippen LogP contribution in [0.1, 0.15) is 35.2 Å². The minimum Gasteiger partial charge on any atom is -0.366 e. The van der Waals surface area contributed by atoms with Crippen LogP contribution in [0.15, 0.2) is 24.3 Å². The number of primary amides is 1. The van der Waals surface area contributed by atoms with Crippen molar-refractivity contribution in [1.82, 2.24) is 10.2 Å². The van der Waals surface area contributed by atoms with Gasteiger partial charge in [0.15, 0.2) is 0 Å². The fourth-order valence-electron chi connectivity index (χ4n) is 3.11. The molecule has 5 nitrogen and oxygen atoms in total. The van der Waals surface area contributed by atoms with Gasteiger partial charge in [0.05, 0.1) is 0 Å². The molecular weight excluding hydrogens is 266 g/mol. The molecule has 2 amide bonds. The summed E-state index contributed by atoms with van der Waals surface area (Å²) in [7, 11) is 0. The van der Waals surface area contributed by atoms with Gasteiger partial charge in [-0.15, -0.1) is 0 Å². The normalized spacial score (nSPS) is 28.2. The summed E-state index contributed by atoms with van der Waals surface area (Å²) in [4.78, 5) is 25.6. The van der Waals surface area contributed by atoms with Gasteiger partial charge in [0, 0.05) is 37.2 Å². The zero-order valence-electron chi connectivity index (χ0n) is 12.2. The molecule has 2 unspecified atom stereocenters. The van der Waals surface area contributed by atoms with Crippen LogP contribution >= 0.6 is 0 Å². The molecule has 1 aromatic rings. The summed E-state index contributed by atoms with van der Waals surface area (Å²) in [6, 6.07) is 7.58. The van der Waals surface area contributed by atoms with Gasteiger partial charge in [-0.25, -0.2) is 0 Å². The maximum absolute atomic E-state index is 12.6. The third-order valence-corrected chi connectivity index (χ3v) is 4.52. The predicted molar refractivity (Wildman–Crippen MR) is 79.9 cm³/mol. The van der Waals surface area contributed by atoms with Crippen LogP contribution in [-0.2, 0) is 4.79 Å². The predicted octanol–water partition coefficient (Wildman–Crippen LogP) is 0.709. The van der Waals surface area contributed by atoms with E-state index in [9.17, 15) is 9.59 Å². The fourth-order valence-corrected chi connectivity index (χ4v) is 3.11. The van der Waals surface area contributed by atoms with Crippen molar-refractivity contribution in [3.05, 3.63) is 35.4 Å². The SMILES string of the molecule is C[C@H]1CNCCN1C(=O)C1CC1c1ccc(C(N)=O)cc1. The van der Waals surface area contributed by atoms with Gasteiger partial charge in [-0.05, 0) is 37.0 Å². The van der Waals surface area contributed by atoms with Crippen molar-refractivity contribution in [3.8, 4) is 0 Å². The molecule has 3 atom stereocenters. The Morgan fingerprint density at radius 1 is 1.29 bits per heavy atom. The van der Waals surface area contributed by atoms with Crippen molar-refractivity contribution in [2.24, 2.45) is 11.7 Å². The van der Waals surface area contributed by atoms with Crippen LogP contribution < -0.4 is 11.1 Å². The molecule has 0 spiro atoms. The molecule has 21 heavy (non-hydrogen) atoms. The van der Waals surface area contributed by atoms with Crippen LogP contribution in [0.4, 0.5) is 0 Å². The van der Waals surface area contributed by atoms with Crippen LogP contribution in [0.25, 0.3) is 0 Å². The average Bonchev–Trinajstić information content (AvgIpc) is 3.27. The van der Waals surface area contributed by atoms with Crippen LogP contribution in [0.3, 0.4) is 0 Å². The first-order chi connectivity index (χ1) is 10.1. The summed E-state index contributed by atoms with van der Waals surface area (Å²) in [5.74, 6) is 0.249. The highest BCUT2D eigenvalue weighted by molar-refractivity contribution is 5.92. The summed E-state index contributed by atoms with van der Waals surface area (Å²) < 4.78 is 0. The molecule has 5 heteroatoms. The first-order valence-corrected chi connectivity index (χ1v) is 7.49. The van der Waals surface area contributed by atoms with Gasteiger partial charge >= 0.3 is 0 Å². The molecule has 1 aliphatic heterocycles. The lowest BCUT2D eigenvalue weighted by Crippen LogP contribution is -2.52. The lowest BCUT2D eigenvalue weighted by Gasteiger charge is -2.34. The number of amides is 2. The maximum Gasteiger partial charge on any atom is 0.248 e. The van der Waals surface area contributed by atoms with Crippen molar-refractivity contribution in [1.29, 1.82) is 0 Å². The number of hydrogen-bond acceptors (Lipinski definition) is 3. The third-order valence-electron chi connectivity index (χ3n) is 4.52. The van der Waals surface area contributed by atoms with E-state index < -0.39 is 5.91 Å². The van der Waals surface area contributed by atoms with Gasteiger partial charge in [0.25, 0.3) is 0 Å². The molecule has 2 fully saturated rings. The van der Waals surface area contributed by atoms with Gasteiger partial charge in [-0.1, -0.05) is 12.1 Å². The molecule has 1 aromatic carbocycles. The first kappa shape index (κ1) is 14.1. The van der Waals surface area contributed by atoms with E-state index in [2.05, 4.69) is 12.2 Å². The second-order valence-electron chi connectivity index (χ2n) is 6.02. The van der Waals surface area contributed by atoms with Crippen molar-refractivity contribution in [2.45, 2.75) is 25.3 Å². The summed E-state index contributed by atoms with van der Waals surface area (Å²) in [5.41, 5.74) is 6.88. The zero-order valence-corrected chi connectivity index (χ0v) is 12.2. The van der Waals surface area contributed by atoms with Gasteiger partial charge in [0.1, 0.15) is 0 Å². The number of nitrogens with zero attached hydrogens (tertiary/aromatic N) is 1. The summed E-state index contributed by atoms with van der Waals surface area (Å²) in [6.07, 6.45) is 0.908. The summed E-state index contributed by atoms with van der Waals surface area (Å²) in [5, 5.41) is 3.30. The average molecular weight is 287 g/mol. The Morgan fingerprint density at radius 2 is 2.00 bits per heavy atom. The molecule has 0 bridgehead atoms. The number of carbonyl (C=O) groups excluding carboxylic acids is 2. The quantitative estimate of drug-likeness (QED) is 0.859. The van der Waals surface area contributed by atoms with Crippen LogP contribution in [0.5, 0.6) is 0 Å². The number of carbonyl (C=O) groups is 2. The van der Waals surface area contributed by atoms with Gasteiger partial charge in [0.2, 0.25) is 11.8 Å². The van der Waals surface area contributed by atoms with E-state index in [4.69, 9.17) is 5.73 Å². The highest BCUT2D eigenvalue weighted by atomic mass is 16.2. The van der Waals surface area contributed by atoms with E-state index >= 15 is 0 Å². The van der Waals surface area contributed by atoms with Crippen LogP contribution in [0, 0.1) is 5.92 Å². The maximum atomic E-state index is 12.6. The second-order valence-corrected chi connectivity index (χ2v) is 6.02.